The molecule has 1 aromatic rings. The van der Waals surface area contributed by atoms with E-state index in [1.54, 1.807) is 4.90 Å². The maximum absolute atomic E-state index is 11.9. The van der Waals surface area contributed by atoms with E-state index in [4.69, 9.17) is 0 Å². The topological polar surface area (TPSA) is 46.6 Å². The molecule has 0 aromatic heterocycles. The lowest BCUT2D eigenvalue weighted by molar-refractivity contribution is -0.145. The molecule has 1 unspecified atom stereocenters. The van der Waals surface area contributed by atoms with Crippen molar-refractivity contribution in [2.24, 2.45) is 5.92 Å². The van der Waals surface area contributed by atoms with E-state index in [1.165, 1.54) is 12.7 Å². The average molecular weight is 247 g/mol. The number of carbonyl (C=O) groups is 2. The van der Waals surface area contributed by atoms with Crippen LogP contribution in [0, 0.1) is 5.92 Å². The number of aryl methyl sites for hydroxylation is 1. The molecule has 1 aromatic carbocycles. The van der Waals surface area contributed by atoms with E-state index >= 15 is 0 Å². The number of anilines is 1. The van der Waals surface area contributed by atoms with Crippen LogP contribution in [-0.4, -0.2) is 25.5 Å². The molecule has 2 rings (SSSR count). The smallest absolute Gasteiger partial charge is 0.311 e. The zero-order valence-electron chi connectivity index (χ0n) is 10.7. The number of amides is 1. The third-order valence-electron chi connectivity index (χ3n) is 3.32. The molecule has 0 aliphatic carbocycles. The fourth-order valence-corrected chi connectivity index (χ4v) is 2.19. The van der Waals surface area contributed by atoms with Gasteiger partial charge in [0.15, 0.2) is 0 Å². The van der Waals surface area contributed by atoms with Crippen LogP contribution in [0.2, 0.25) is 0 Å². The minimum absolute atomic E-state index is 0.0188. The maximum Gasteiger partial charge on any atom is 0.311 e. The van der Waals surface area contributed by atoms with Crippen molar-refractivity contribution in [1.82, 2.24) is 0 Å². The first kappa shape index (κ1) is 12.6. The van der Waals surface area contributed by atoms with Gasteiger partial charge in [-0.1, -0.05) is 19.1 Å². The van der Waals surface area contributed by atoms with E-state index in [9.17, 15) is 9.59 Å². The number of hydrogen-bond acceptors (Lipinski definition) is 3. The highest BCUT2D eigenvalue weighted by Crippen LogP contribution is 2.26. The van der Waals surface area contributed by atoms with E-state index in [1.807, 2.05) is 24.3 Å². The minimum atomic E-state index is -0.339. The Morgan fingerprint density at radius 3 is 2.61 bits per heavy atom. The first-order valence-corrected chi connectivity index (χ1v) is 6.12. The molecule has 0 bridgehead atoms. The Morgan fingerprint density at radius 2 is 2.06 bits per heavy atom. The van der Waals surface area contributed by atoms with Gasteiger partial charge in [0, 0.05) is 18.7 Å². The lowest BCUT2D eigenvalue weighted by Crippen LogP contribution is -2.26. The minimum Gasteiger partial charge on any atom is -0.469 e. The highest BCUT2D eigenvalue weighted by Gasteiger charge is 2.35. The molecule has 1 heterocycles. The number of nitrogens with zero attached hydrogens (tertiary/aromatic N) is 1. The summed E-state index contributed by atoms with van der Waals surface area (Å²) < 4.78 is 4.69. The second kappa shape index (κ2) is 5.21. The van der Waals surface area contributed by atoms with Crippen LogP contribution in [0.1, 0.15) is 18.9 Å². The molecule has 4 nitrogen and oxygen atoms in total. The Labute approximate surface area is 107 Å². The average Bonchev–Trinajstić information content (AvgIpc) is 2.80. The highest BCUT2D eigenvalue weighted by molar-refractivity contribution is 5.99. The summed E-state index contributed by atoms with van der Waals surface area (Å²) in [6.07, 6.45) is 1.21. The van der Waals surface area contributed by atoms with Crippen LogP contribution in [0.4, 0.5) is 5.69 Å². The zero-order valence-corrected chi connectivity index (χ0v) is 10.7. The molecule has 0 N–H and O–H groups in total. The van der Waals surface area contributed by atoms with Crippen molar-refractivity contribution in [2.75, 3.05) is 18.6 Å². The Balaban J connectivity index is 2.13. The van der Waals surface area contributed by atoms with Crippen LogP contribution in [-0.2, 0) is 20.7 Å². The molecular formula is C14H17NO3. The molecule has 1 aliphatic heterocycles. The van der Waals surface area contributed by atoms with Crippen molar-refractivity contribution in [1.29, 1.82) is 0 Å². The van der Waals surface area contributed by atoms with E-state index in [0.29, 0.717) is 6.54 Å². The molecule has 1 saturated heterocycles. The molecule has 0 radical (unpaired) electrons. The van der Waals surface area contributed by atoms with Gasteiger partial charge in [0.05, 0.1) is 13.0 Å². The number of ether oxygens (including phenoxy) is 1. The third kappa shape index (κ3) is 2.37. The summed E-state index contributed by atoms with van der Waals surface area (Å²) in [5, 5.41) is 0. The van der Waals surface area contributed by atoms with E-state index in [2.05, 4.69) is 11.7 Å². The largest absolute Gasteiger partial charge is 0.469 e. The van der Waals surface area contributed by atoms with E-state index in [0.717, 1.165) is 12.1 Å². The second-order valence-electron chi connectivity index (χ2n) is 4.45. The molecule has 0 spiro atoms. The first-order chi connectivity index (χ1) is 8.65. The van der Waals surface area contributed by atoms with Crippen LogP contribution >= 0.6 is 0 Å². The van der Waals surface area contributed by atoms with Gasteiger partial charge in [-0.3, -0.25) is 9.59 Å². The Kier molecular flexibility index (Phi) is 3.65. The van der Waals surface area contributed by atoms with Gasteiger partial charge in [-0.15, -0.1) is 0 Å². The summed E-state index contributed by atoms with van der Waals surface area (Å²) >= 11 is 0. The molecule has 96 valence electrons. The molecule has 1 aliphatic rings. The molecule has 1 fully saturated rings. The van der Waals surface area contributed by atoms with Gasteiger partial charge in [0.2, 0.25) is 5.91 Å². The molecule has 1 amide bonds. The monoisotopic (exact) mass is 247 g/mol. The lowest BCUT2D eigenvalue weighted by atomic mass is 10.1. The Hall–Kier alpha value is -1.84. The standard InChI is InChI=1S/C14H17NO3/c1-3-10-4-6-12(7-5-10)15-9-11(8-13(15)16)14(17)18-2/h4-7,11H,3,8-9H2,1-2H3. The predicted molar refractivity (Wildman–Crippen MR) is 68.3 cm³/mol. The van der Waals surface area contributed by atoms with E-state index < -0.39 is 0 Å². The van der Waals surface area contributed by atoms with Crippen molar-refractivity contribution in [3.8, 4) is 0 Å². The second-order valence-corrected chi connectivity index (χ2v) is 4.45. The van der Waals surface area contributed by atoms with Gasteiger partial charge in [-0.25, -0.2) is 0 Å². The summed E-state index contributed by atoms with van der Waals surface area (Å²) in [7, 11) is 1.35. The fraction of sp³-hybridized carbons (Fsp3) is 0.429. The summed E-state index contributed by atoms with van der Waals surface area (Å²) in [4.78, 5) is 25.0. The van der Waals surface area contributed by atoms with E-state index in [-0.39, 0.29) is 24.2 Å². The molecule has 1 atom stereocenters. The van der Waals surface area contributed by atoms with Crippen molar-refractivity contribution in [3.05, 3.63) is 29.8 Å². The summed E-state index contributed by atoms with van der Waals surface area (Å²) in [5.74, 6) is -0.668. The Bertz CT molecular complexity index is 453. The molecule has 0 saturated carbocycles. The fourth-order valence-electron chi connectivity index (χ4n) is 2.19. The van der Waals surface area contributed by atoms with Crippen LogP contribution in [0.3, 0.4) is 0 Å². The summed E-state index contributed by atoms with van der Waals surface area (Å²) in [6.45, 7) is 2.50. The van der Waals surface area contributed by atoms with Crippen LogP contribution in [0.15, 0.2) is 24.3 Å². The van der Waals surface area contributed by atoms with Crippen molar-refractivity contribution in [3.63, 3.8) is 0 Å². The summed E-state index contributed by atoms with van der Waals surface area (Å²) in [5.41, 5.74) is 2.08. The lowest BCUT2D eigenvalue weighted by Gasteiger charge is -2.16. The normalized spacial score (nSPS) is 19.1. The van der Waals surface area contributed by atoms with Gasteiger partial charge < -0.3 is 9.64 Å². The van der Waals surface area contributed by atoms with Crippen LogP contribution in [0.25, 0.3) is 0 Å². The number of carbonyl (C=O) groups excluding carboxylic acids is 2. The predicted octanol–water partition coefficient (Wildman–Crippen LogP) is 1.77. The third-order valence-corrected chi connectivity index (χ3v) is 3.32. The number of methoxy groups -OCH3 is 1. The highest BCUT2D eigenvalue weighted by atomic mass is 16.5. The van der Waals surface area contributed by atoms with Crippen molar-refractivity contribution >= 4 is 17.6 Å². The van der Waals surface area contributed by atoms with Gasteiger partial charge in [0.1, 0.15) is 0 Å². The molecular weight excluding hydrogens is 230 g/mol. The molecule has 18 heavy (non-hydrogen) atoms. The quantitative estimate of drug-likeness (QED) is 0.765. The van der Waals surface area contributed by atoms with Crippen molar-refractivity contribution in [2.45, 2.75) is 19.8 Å². The van der Waals surface area contributed by atoms with Gasteiger partial charge in [-0.05, 0) is 24.1 Å². The van der Waals surface area contributed by atoms with Crippen LogP contribution in [0.5, 0.6) is 0 Å². The number of rotatable bonds is 3. The Morgan fingerprint density at radius 1 is 1.39 bits per heavy atom. The molecule has 4 heteroatoms. The van der Waals surface area contributed by atoms with Crippen molar-refractivity contribution < 1.29 is 14.3 Å². The number of hydrogen-bond donors (Lipinski definition) is 0. The maximum atomic E-state index is 11.9. The van der Waals surface area contributed by atoms with Gasteiger partial charge in [-0.2, -0.15) is 0 Å². The van der Waals surface area contributed by atoms with Gasteiger partial charge in [0.25, 0.3) is 0 Å². The van der Waals surface area contributed by atoms with Crippen LogP contribution < -0.4 is 4.90 Å². The van der Waals surface area contributed by atoms with Gasteiger partial charge >= 0.3 is 5.97 Å². The number of esters is 1. The SMILES string of the molecule is CCc1ccc(N2CC(C(=O)OC)CC2=O)cc1. The number of benzene rings is 1. The first-order valence-electron chi connectivity index (χ1n) is 6.12. The summed E-state index contributed by atoms with van der Waals surface area (Å²) in [6, 6.07) is 7.87. The zero-order chi connectivity index (χ0) is 13.1.